The molecule has 0 fully saturated rings. The minimum atomic E-state index is 0.676. The lowest BCUT2D eigenvalue weighted by Crippen LogP contribution is -1.99. The van der Waals surface area contributed by atoms with Gasteiger partial charge in [0.2, 0.25) is 0 Å². The van der Waals surface area contributed by atoms with Gasteiger partial charge in [-0.3, -0.25) is 9.67 Å². The minimum Gasteiger partial charge on any atom is -0.384 e. The molecule has 2 heterocycles. The number of hydrogen-bond donors (Lipinski definition) is 1. The Morgan fingerprint density at radius 2 is 2.37 bits per heavy atom. The van der Waals surface area contributed by atoms with E-state index in [9.17, 15) is 0 Å². The Balaban J connectivity index is 2.21. The van der Waals surface area contributed by atoms with Crippen LogP contribution >= 0.6 is 23.6 Å². The van der Waals surface area contributed by atoms with Crippen LogP contribution in [0.5, 0.6) is 0 Å². The smallest absolute Gasteiger partial charge is 0.195 e. The monoisotopic (exact) mass is 298 g/mol. The fourth-order valence-corrected chi connectivity index (χ4v) is 2.87. The van der Waals surface area contributed by atoms with E-state index in [-0.39, 0.29) is 0 Å². The van der Waals surface area contributed by atoms with Gasteiger partial charge in [-0.1, -0.05) is 13.3 Å². The number of rotatable bonds is 7. The number of hydrogen-bond acceptors (Lipinski definition) is 5. The van der Waals surface area contributed by atoms with E-state index in [1.165, 1.54) is 0 Å². The molecule has 0 bridgehead atoms. The SMILES string of the molecule is CCCCn1c(-c2cnc(CCOC)s2)n[nH]c1=S. The number of nitrogens with one attached hydrogen (secondary N) is 1. The summed E-state index contributed by atoms with van der Waals surface area (Å²) in [6, 6.07) is 0. The van der Waals surface area contributed by atoms with E-state index in [4.69, 9.17) is 17.0 Å². The van der Waals surface area contributed by atoms with Crippen LogP contribution in [0, 0.1) is 4.77 Å². The molecule has 0 aromatic carbocycles. The predicted molar refractivity (Wildman–Crippen MR) is 79.0 cm³/mol. The zero-order valence-corrected chi connectivity index (χ0v) is 12.8. The number of thiazole rings is 1. The van der Waals surface area contributed by atoms with E-state index in [0.29, 0.717) is 11.4 Å². The van der Waals surface area contributed by atoms with Crippen molar-refractivity contribution in [1.29, 1.82) is 0 Å². The molecule has 0 amide bonds. The van der Waals surface area contributed by atoms with Crippen LogP contribution in [0.2, 0.25) is 0 Å². The molecule has 0 aliphatic rings. The standard InChI is InChI=1S/C12H18N4OS2/c1-3-4-6-16-11(14-15-12(16)18)9-8-13-10(19-9)5-7-17-2/h8H,3-7H2,1-2H3,(H,15,18). The van der Waals surface area contributed by atoms with Gasteiger partial charge in [0.1, 0.15) is 0 Å². The Morgan fingerprint density at radius 3 is 3.11 bits per heavy atom. The second-order valence-electron chi connectivity index (χ2n) is 4.22. The van der Waals surface area contributed by atoms with Crippen LogP contribution in [0.4, 0.5) is 0 Å². The molecule has 0 saturated carbocycles. The number of aromatic nitrogens is 4. The summed E-state index contributed by atoms with van der Waals surface area (Å²) in [5.41, 5.74) is 0. The number of methoxy groups -OCH3 is 1. The fraction of sp³-hybridized carbons (Fsp3) is 0.583. The lowest BCUT2D eigenvalue weighted by Gasteiger charge is -2.03. The van der Waals surface area contributed by atoms with E-state index in [1.807, 2.05) is 10.8 Å². The molecule has 104 valence electrons. The van der Waals surface area contributed by atoms with Crippen LogP contribution in [0.25, 0.3) is 10.7 Å². The molecule has 0 radical (unpaired) electrons. The fourth-order valence-electron chi connectivity index (χ4n) is 1.75. The molecule has 2 aromatic heterocycles. The predicted octanol–water partition coefficient (Wildman–Crippen LogP) is 3.05. The van der Waals surface area contributed by atoms with Crippen molar-refractivity contribution >= 4 is 23.6 Å². The van der Waals surface area contributed by atoms with Crippen LogP contribution in [0.1, 0.15) is 24.8 Å². The number of nitrogens with zero attached hydrogens (tertiary/aromatic N) is 3. The molecule has 2 aromatic rings. The third-order valence-electron chi connectivity index (χ3n) is 2.79. The number of unbranched alkanes of at least 4 members (excludes halogenated alkanes) is 1. The highest BCUT2D eigenvalue weighted by molar-refractivity contribution is 7.71. The van der Waals surface area contributed by atoms with Crippen LogP contribution in [-0.4, -0.2) is 33.5 Å². The zero-order valence-electron chi connectivity index (χ0n) is 11.2. The Hall–Kier alpha value is -1.05. The van der Waals surface area contributed by atoms with E-state index in [0.717, 1.165) is 41.5 Å². The second kappa shape index (κ2) is 6.93. The second-order valence-corrected chi connectivity index (χ2v) is 5.72. The summed E-state index contributed by atoms with van der Waals surface area (Å²) in [5.74, 6) is 0.889. The van der Waals surface area contributed by atoms with Crippen LogP contribution < -0.4 is 0 Å². The highest BCUT2D eigenvalue weighted by Gasteiger charge is 2.12. The number of ether oxygens (including phenoxy) is 1. The lowest BCUT2D eigenvalue weighted by atomic mass is 10.3. The van der Waals surface area contributed by atoms with Gasteiger partial charge in [-0.25, -0.2) is 4.98 Å². The van der Waals surface area contributed by atoms with Crippen LogP contribution in [-0.2, 0) is 17.7 Å². The molecule has 0 saturated heterocycles. The van der Waals surface area contributed by atoms with Crippen molar-refractivity contribution in [3.63, 3.8) is 0 Å². The van der Waals surface area contributed by atoms with E-state index < -0.39 is 0 Å². The van der Waals surface area contributed by atoms with Crippen molar-refractivity contribution in [1.82, 2.24) is 19.7 Å². The van der Waals surface area contributed by atoms with Crippen molar-refractivity contribution < 1.29 is 4.74 Å². The summed E-state index contributed by atoms with van der Waals surface area (Å²) < 4.78 is 7.79. The highest BCUT2D eigenvalue weighted by atomic mass is 32.1. The Bertz CT molecular complexity index is 572. The largest absolute Gasteiger partial charge is 0.384 e. The Labute approximate surface area is 121 Å². The molecule has 5 nitrogen and oxygen atoms in total. The average molecular weight is 298 g/mol. The average Bonchev–Trinajstić information content (AvgIpc) is 3.01. The third kappa shape index (κ3) is 3.49. The van der Waals surface area contributed by atoms with E-state index in [2.05, 4.69) is 22.1 Å². The molecule has 7 heteroatoms. The van der Waals surface area contributed by atoms with Crippen LogP contribution in [0.15, 0.2) is 6.20 Å². The first-order valence-corrected chi connectivity index (χ1v) is 7.58. The quantitative estimate of drug-likeness (QED) is 0.798. The van der Waals surface area contributed by atoms with E-state index >= 15 is 0 Å². The van der Waals surface area contributed by atoms with E-state index in [1.54, 1.807) is 18.4 Å². The van der Waals surface area contributed by atoms with Gasteiger partial charge in [-0.2, -0.15) is 5.10 Å². The molecule has 0 atom stereocenters. The first kappa shape index (κ1) is 14.4. The van der Waals surface area contributed by atoms with Gasteiger partial charge >= 0.3 is 0 Å². The van der Waals surface area contributed by atoms with Gasteiger partial charge in [0, 0.05) is 26.3 Å². The van der Waals surface area contributed by atoms with Gasteiger partial charge in [0.25, 0.3) is 0 Å². The number of H-pyrrole nitrogens is 1. The summed E-state index contributed by atoms with van der Waals surface area (Å²) in [7, 11) is 1.70. The van der Waals surface area contributed by atoms with Crippen molar-refractivity contribution in [3.8, 4) is 10.7 Å². The lowest BCUT2D eigenvalue weighted by molar-refractivity contribution is 0.202. The van der Waals surface area contributed by atoms with Crippen molar-refractivity contribution in [2.24, 2.45) is 0 Å². The van der Waals surface area contributed by atoms with Crippen molar-refractivity contribution in [2.75, 3.05) is 13.7 Å². The molecule has 0 spiro atoms. The maximum atomic E-state index is 5.27. The van der Waals surface area contributed by atoms with Gasteiger partial charge in [0.05, 0.1) is 16.5 Å². The molecule has 1 N–H and O–H groups in total. The third-order valence-corrected chi connectivity index (χ3v) is 4.15. The van der Waals surface area contributed by atoms with Gasteiger partial charge in [-0.15, -0.1) is 11.3 Å². The molecular formula is C12H18N4OS2. The Kier molecular flexibility index (Phi) is 5.24. The normalized spacial score (nSPS) is 11.1. The molecule has 0 aliphatic carbocycles. The Morgan fingerprint density at radius 1 is 1.53 bits per heavy atom. The summed E-state index contributed by atoms with van der Waals surface area (Å²) in [6.45, 7) is 3.75. The topological polar surface area (TPSA) is 55.7 Å². The molecule has 0 unspecified atom stereocenters. The molecule has 0 aliphatic heterocycles. The van der Waals surface area contributed by atoms with Gasteiger partial charge in [-0.05, 0) is 18.6 Å². The minimum absolute atomic E-state index is 0.676. The van der Waals surface area contributed by atoms with Crippen molar-refractivity contribution in [2.45, 2.75) is 32.7 Å². The zero-order chi connectivity index (χ0) is 13.7. The highest BCUT2D eigenvalue weighted by Crippen LogP contribution is 2.25. The summed E-state index contributed by atoms with van der Waals surface area (Å²) in [4.78, 5) is 5.45. The van der Waals surface area contributed by atoms with Gasteiger partial charge in [0.15, 0.2) is 10.6 Å². The summed E-state index contributed by atoms with van der Waals surface area (Å²) in [6.07, 6.45) is 4.93. The molecular weight excluding hydrogens is 280 g/mol. The molecule has 2 rings (SSSR count). The van der Waals surface area contributed by atoms with Gasteiger partial charge < -0.3 is 4.74 Å². The molecule has 19 heavy (non-hydrogen) atoms. The van der Waals surface area contributed by atoms with Crippen LogP contribution in [0.3, 0.4) is 0 Å². The summed E-state index contributed by atoms with van der Waals surface area (Å²) >= 11 is 6.92. The maximum absolute atomic E-state index is 5.27. The van der Waals surface area contributed by atoms with Crippen molar-refractivity contribution in [3.05, 3.63) is 16.0 Å². The first-order valence-electron chi connectivity index (χ1n) is 6.35. The maximum Gasteiger partial charge on any atom is 0.195 e. The number of aromatic amines is 1. The first-order chi connectivity index (χ1) is 9.26. The summed E-state index contributed by atoms with van der Waals surface area (Å²) in [5, 5.41) is 8.25.